The van der Waals surface area contributed by atoms with E-state index in [2.05, 4.69) is 140 Å². The summed E-state index contributed by atoms with van der Waals surface area (Å²) in [6.07, 6.45) is 31.1. The third-order valence-electron chi connectivity index (χ3n) is 13.1. The number of terminal acetylenes is 2. The van der Waals surface area contributed by atoms with Crippen molar-refractivity contribution >= 4 is 0 Å². The van der Waals surface area contributed by atoms with Gasteiger partial charge in [-0.2, -0.15) is 0 Å². The van der Waals surface area contributed by atoms with Crippen LogP contribution in [-0.2, 0) is 0 Å². The van der Waals surface area contributed by atoms with Gasteiger partial charge in [0.1, 0.15) is 0 Å². The Bertz CT molecular complexity index is 1240. The number of allylic oxidation sites excluding steroid dienone is 11. The van der Waals surface area contributed by atoms with Crippen LogP contribution in [0.4, 0.5) is 0 Å². The van der Waals surface area contributed by atoms with Crippen LogP contribution in [0.15, 0.2) is 70.4 Å². The Morgan fingerprint density at radius 3 is 1.49 bits per heavy atom. The maximum absolute atomic E-state index is 5.48. The number of hydrogen-bond donors (Lipinski definition) is 0. The molecule has 0 saturated heterocycles. The predicted octanol–water partition coefficient (Wildman–Crippen LogP) is 13.6. The van der Waals surface area contributed by atoms with Crippen LogP contribution in [0.2, 0.25) is 0 Å². The topological polar surface area (TPSA) is 0 Å². The van der Waals surface area contributed by atoms with Gasteiger partial charge in [-0.3, -0.25) is 0 Å². The summed E-state index contributed by atoms with van der Waals surface area (Å²) in [5, 5.41) is 0. The van der Waals surface area contributed by atoms with Gasteiger partial charge < -0.3 is 0 Å². The molecular weight excluding hydrogens is 540 g/mol. The molecule has 1 fully saturated rings. The van der Waals surface area contributed by atoms with E-state index < -0.39 is 0 Å². The molecule has 3 unspecified atom stereocenters. The average molecular weight is 611 g/mol. The fourth-order valence-corrected chi connectivity index (χ4v) is 7.74. The maximum atomic E-state index is 5.48. The van der Waals surface area contributed by atoms with E-state index >= 15 is 0 Å². The first-order valence-corrected chi connectivity index (χ1v) is 17.6. The van der Waals surface area contributed by atoms with Gasteiger partial charge in [-0.05, 0) is 119 Å². The van der Waals surface area contributed by atoms with Crippen LogP contribution < -0.4 is 0 Å². The summed E-state index contributed by atoms with van der Waals surface area (Å²) in [6, 6.07) is 0. The van der Waals surface area contributed by atoms with Gasteiger partial charge in [0.2, 0.25) is 0 Å². The Morgan fingerprint density at radius 1 is 0.711 bits per heavy atom. The maximum Gasteiger partial charge on any atom is 0.0123 e. The molecule has 0 radical (unpaired) electrons. The van der Waals surface area contributed by atoms with Crippen LogP contribution in [0.25, 0.3) is 0 Å². The predicted molar refractivity (Wildman–Crippen MR) is 204 cm³/mol. The van der Waals surface area contributed by atoms with Crippen molar-refractivity contribution in [2.45, 2.75) is 148 Å². The SMILES string of the molecule is C#CCC/C(C)=C(/C)C(C)(C)C(C)(C)/C(=C/C)CC=C.C#CCC/C(C)=C(/C)C(C)(C)C(C)(C)/C(=C\C)CC1CC2C=CC1C2. The van der Waals surface area contributed by atoms with Crippen LogP contribution in [0.5, 0.6) is 0 Å². The average Bonchev–Trinajstić information content (AvgIpc) is 3.62. The van der Waals surface area contributed by atoms with E-state index in [-0.39, 0.29) is 21.7 Å². The molecular formula is C45H70. The van der Waals surface area contributed by atoms with Gasteiger partial charge in [-0.1, -0.05) is 119 Å². The first-order chi connectivity index (χ1) is 20.8. The lowest BCUT2D eigenvalue weighted by molar-refractivity contribution is 0.183. The molecule has 0 aromatic rings. The molecule has 0 N–H and O–H groups in total. The summed E-state index contributed by atoms with van der Waals surface area (Å²) in [5.74, 6) is 8.06. The minimum atomic E-state index is 0.0938. The van der Waals surface area contributed by atoms with Gasteiger partial charge in [0.25, 0.3) is 0 Å². The van der Waals surface area contributed by atoms with Crippen molar-refractivity contribution < 1.29 is 0 Å². The molecule has 0 aromatic heterocycles. The molecule has 0 aromatic carbocycles. The summed E-state index contributed by atoms with van der Waals surface area (Å²) >= 11 is 0. The van der Waals surface area contributed by atoms with Crippen molar-refractivity contribution in [1.29, 1.82) is 0 Å². The Hall–Kier alpha value is -2.44. The van der Waals surface area contributed by atoms with Gasteiger partial charge in [-0.25, -0.2) is 0 Å². The zero-order valence-corrected chi connectivity index (χ0v) is 32.1. The van der Waals surface area contributed by atoms with Crippen molar-refractivity contribution in [3.8, 4) is 24.7 Å². The molecule has 2 rings (SSSR count). The lowest BCUT2D eigenvalue weighted by Gasteiger charge is -2.46. The van der Waals surface area contributed by atoms with Crippen molar-refractivity contribution in [2.75, 3.05) is 0 Å². The van der Waals surface area contributed by atoms with Crippen LogP contribution in [-0.4, -0.2) is 0 Å². The van der Waals surface area contributed by atoms with E-state index in [4.69, 9.17) is 12.8 Å². The van der Waals surface area contributed by atoms with E-state index in [1.807, 2.05) is 6.08 Å². The van der Waals surface area contributed by atoms with Crippen molar-refractivity contribution in [3.63, 3.8) is 0 Å². The molecule has 250 valence electrons. The second kappa shape index (κ2) is 16.9. The number of hydrogen-bond acceptors (Lipinski definition) is 0. The summed E-state index contributed by atoms with van der Waals surface area (Å²) in [7, 11) is 0. The molecule has 3 atom stereocenters. The van der Waals surface area contributed by atoms with Crippen molar-refractivity contribution in [3.05, 3.63) is 70.4 Å². The lowest BCUT2D eigenvalue weighted by Crippen LogP contribution is -2.36. The van der Waals surface area contributed by atoms with Crippen LogP contribution in [0.3, 0.4) is 0 Å². The quantitative estimate of drug-likeness (QED) is 0.136. The highest BCUT2D eigenvalue weighted by Crippen LogP contribution is 2.54. The third-order valence-corrected chi connectivity index (χ3v) is 13.1. The zero-order chi connectivity index (χ0) is 34.8. The third kappa shape index (κ3) is 9.32. The fourth-order valence-electron chi connectivity index (χ4n) is 7.74. The normalized spacial score (nSPS) is 21.7. The van der Waals surface area contributed by atoms with Crippen LogP contribution >= 0.6 is 0 Å². The molecule has 0 amide bonds. The van der Waals surface area contributed by atoms with Gasteiger partial charge in [0, 0.05) is 12.8 Å². The highest BCUT2D eigenvalue weighted by molar-refractivity contribution is 5.30. The van der Waals surface area contributed by atoms with E-state index in [1.165, 1.54) is 47.1 Å². The highest BCUT2D eigenvalue weighted by atomic mass is 14.5. The smallest absolute Gasteiger partial charge is 0.0123 e. The molecule has 0 spiro atoms. The molecule has 0 heterocycles. The zero-order valence-electron chi connectivity index (χ0n) is 32.1. The Balaban J connectivity index is 0.000000463. The fraction of sp³-hybridized carbons (Fsp3) is 0.644. The monoisotopic (exact) mass is 611 g/mol. The minimum Gasteiger partial charge on any atom is -0.120 e. The van der Waals surface area contributed by atoms with Gasteiger partial charge in [0.05, 0.1) is 0 Å². The first-order valence-electron chi connectivity index (χ1n) is 17.6. The standard InChI is InChI=1S/C25H38.C20H32/c1-9-11-12-18(3)19(4)24(5,6)25(7,8)23(10-2)17-22-16-20-13-14-21(22)15-20;1-10-13-15-16(4)17(5)19(6,7)20(8,9)18(12-3)14-11-2/h1,10,13-14,20-22H,11-12,15-17H2,2-8H3;1,11-12H,2,13-15H2,3-9H3/b19-18-,23-10-;17-16-,18-12+. The largest absolute Gasteiger partial charge is 0.120 e. The van der Waals surface area contributed by atoms with E-state index in [1.54, 1.807) is 5.57 Å². The van der Waals surface area contributed by atoms with Crippen molar-refractivity contribution in [1.82, 2.24) is 0 Å². The molecule has 0 aliphatic heterocycles. The molecule has 2 aliphatic carbocycles. The van der Waals surface area contributed by atoms with Gasteiger partial charge >= 0.3 is 0 Å². The summed E-state index contributed by atoms with van der Waals surface area (Å²) in [5.41, 5.74) is 9.41. The van der Waals surface area contributed by atoms with Crippen molar-refractivity contribution in [2.24, 2.45) is 39.4 Å². The second-order valence-electron chi connectivity index (χ2n) is 16.1. The highest BCUT2D eigenvalue weighted by Gasteiger charge is 2.44. The van der Waals surface area contributed by atoms with E-state index in [9.17, 15) is 0 Å². The summed E-state index contributed by atoms with van der Waals surface area (Å²) < 4.78 is 0. The lowest BCUT2D eigenvalue weighted by atomic mass is 9.58. The van der Waals surface area contributed by atoms with E-state index in [0.29, 0.717) is 0 Å². The van der Waals surface area contributed by atoms with Gasteiger partial charge in [-0.15, -0.1) is 31.3 Å². The molecule has 1 saturated carbocycles. The molecule has 0 nitrogen and oxygen atoms in total. The molecule has 45 heavy (non-hydrogen) atoms. The van der Waals surface area contributed by atoms with Crippen LogP contribution in [0, 0.1) is 64.1 Å². The Labute approximate surface area is 282 Å². The van der Waals surface area contributed by atoms with Crippen LogP contribution in [0.1, 0.15) is 148 Å². The summed E-state index contributed by atoms with van der Waals surface area (Å²) in [4.78, 5) is 0. The first kappa shape index (κ1) is 40.6. The second-order valence-corrected chi connectivity index (χ2v) is 16.1. The minimum absolute atomic E-state index is 0.0938. The molecule has 2 aliphatic rings. The molecule has 0 heteroatoms. The Morgan fingerprint density at radius 2 is 1.16 bits per heavy atom. The molecule has 2 bridgehead atoms. The Kier molecular flexibility index (Phi) is 15.3. The number of fused-ring (bicyclic) bond motifs is 2. The number of rotatable bonds is 14. The van der Waals surface area contributed by atoms with Gasteiger partial charge in [0.15, 0.2) is 0 Å². The summed E-state index contributed by atoms with van der Waals surface area (Å²) in [6.45, 7) is 36.4. The van der Waals surface area contributed by atoms with E-state index in [0.717, 1.165) is 49.9 Å².